The van der Waals surface area contributed by atoms with E-state index in [1.54, 1.807) is 13.0 Å². The van der Waals surface area contributed by atoms with Crippen LogP contribution in [0.1, 0.15) is 22.8 Å². The van der Waals surface area contributed by atoms with Crippen molar-refractivity contribution in [3.63, 3.8) is 0 Å². The SMILES string of the molecule is CC(=N)[C@H](C#N)C(=O)COC(=O)c1ccc(C)c(S(=O)(=O)N2CCOCC2)c1. The molecular weight excluding hydrogens is 386 g/mol. The van der Waals surface area contributed by atoms with Crippen LogP contribution in [0.15, 0.2) is 23.1 Å². The van der Waals surface area contributed by atoms with Gasteiger partial charge in [-0.15, -0.1) is 0 Å². The fourth-order valence-corrected chi connectivity index (χ4v) is 4.30. The van der Waals surface area contributed by atoms with Gasteiger partial charge in [-0.2, -0.15) is 9.57 Å². The van der Waals surface area contributed by atoms with Gasteiger partial charge in [-0.25, -0.2) is 13.2 Å². The number of hydrogen-bond acceptors (Lipinski definition) is 8. The number of nitrogens with one attached hydrogen (secondary N) is 1. The third-order valence-electron chi connectivity index (χ3n) is 4.24. The summed E-state index contributed by atoms with van der Waals surface area (Å²) in [4.78, 5) is 24.1. The van der Waals surface area contributed by atoms with Gasteiger partial charge in [0.1, 0.15) is 5.92 Å². The molecule has 10 heteroatoms. The molecule has 0 saturated carbocycles. The molecule has 0 amide bonds. The maximum atomic E-state index is 12.9. The van der Waals surface area contributed by atoms with Crippen LogP contribution in [-0.4, -0.2) is 63.1 Å². The van der Waals surface area contributed by atoms with Gasteiger partial charge < -0.3 is 14.9 Å². The lowest BCUT2D eigenvalue weighted by Gasteiger charge is -2.26. The number of carbonyl (C=O) groups excluding carboxylic acids is 2. The molecule has 9 nitrogen and oxygen atoms in total. The third kappa shape index (κ3) is 4.81. The maximum Gasteiger partial charge on any atom is 0.338 e. The second-order valence-corrected chi connectivity index (χ2v) is 8.19. The Morgan fingerprint density at radius 3 is 2.57 bits per heavy atom. The summed E-state index contributed by atoms with van der Waals surface area (Å²) >= 11 is 0. The van der Waals surface area contributed by atoms with Crippen LogP contribution in [0.2, 0.25) is 0 Å². The van der Waals surface area contributed by atoms with Gasteiger partial charge in [-0.3, -0.25) is 4.79 Å². The van der Waals surface area contributed by atoms with Crippen LogP contribution in [0.25, 0.3) is 0 Å². The van der Waals surface area contributed by atoms with Crippen LogP contribution in [0.3, 0.4) is 0 Å². The van der Waals surface area contributed by atoms with E-state index in [1.165, 1.54) is 29.4 Å². The third-order valence-corrected chi connectivity index (χ3v) is 6.28. The number of hydrogen-bond donors (Lipinski definition) is 1. The molecular formula is C18H21N3O6S. The summed E-state index contributed by atoms with van der Waals surface area (Å²) in [5.74, 6) is -2.87. The van der Waals surface area contributed by atoms with Crippen molar-refractivity contribution in [1.29, 1.82) is 10.7 Å². The van der Waals surface area contributed by atoms with Crippen LogP contribution in [0.4, 0.5) is 0 Å². The maximum absolute atomic E-state index is 12.9. The van der Waals surface area contributed by atoms with Crippen molar-refractivity contribution < 1.29 is 27.5 Å². The largest absolute Gasteiger partial charge is 0.454 e. The lowest BCUT2D eigenvalue weighted by Crippen LogP contribution is -2.40. The van der Waals surface area contributed by atoms with Gasteiger partial charge >= 0.3 is 5.97 Å². The molecule has 1 aliphatic heterocycles. The van der Waals surface area contributed by atoms with Crippen LogP contribution in [-0.2, 0) is 24.3 Å². The van der Waals surface area contributed by atoms with Crippen molar-refractivity contribution in [2.75, 3.05) is 32.9 Å². The molecule has 0 aliphatic carbocycles. The molecule has 1 N–H and O–H groups in total. The average molecular weight is 407 g/mol. The van der Waals surface area contributed by atoms with Crippen molar-refractivity contribution in [1.82, 2.24) is 4.31 Å². The van der Waals surface area contributed by atoms with Crippen molar-refractivity contribution >= 4 is 27.5 Å². The van der Waals surface area contributed by atoms with Gasteiger partial charge in [0.25, 0.3) is 0 Å². The molecule has 0 spiro atoms. The Labute approximate surface area is 163 Å². The molecule has 0 unspecified atom stereocenters. The number of ketones is 1. The number of carbonyl (C=O) groups is 2. The van der Waals surface area contributed by atoms with Crippen LogP contribution < -0.4 is 0 Å². The van der Waals surface area contributed by atoms with E-state index in [1.807, 2.05) is 0 Å². The summed E-state index contributed by atoms with van der Waals surface area (Å²) in [6.07, 6.45) is 0. The first-order valence-electron chi connectivity index (χ1n) is 8.51. The summed E-state index contributed by atoms with van der Waals surface area (Å²) in [5.41, 5.74) is 0.311. The first-order valence-corrected chi connectivity index (χ1v) is 9.95. The minimum Gasteiger partial charge on any atom is -0.454 e. The number of morpholine rings is 1. The minimum atomic E-state index is -3.80. The van der Waals surface area contributed by atoms with Crippen LogP contribution >= 0.6 is 0 Å². The first-order chi connectivity index (χ1) is 13.2. The number of esters is 1. The van der Waals surface area contributed by atoms with Crippen LogP contribution in [0.5, 0.6) is 0 Å². The Balaban J connectivity index is 2.18. The number of nitrogens with zero attached hydrogens (tertiary/aromatic N) is 2. The summed E-state index contributed by atoms with van der Waals surface area (Å²) in [5, 5.41) is 16.3. The number of aryl methyl sites for hydroxylation is 1. The van der Waals surface area contributed by atoms with Gasteiger partial charge in [-0.1, -0.05) is 6.07 Å². The van der Waals surface area contributed by atoms with E-state index in [0.717, 1.165) is 0 Å². The molecule has 1 heterocycles. The molecule has 1 aromatic rings. The smallest absolute Gasteiger partial charge is 0.338 e. The van der Waals surface area contributed by atoms with Crippen molar-refractivity contribution in [3.8, 4) is 6.07 Å². The van der Waals surface area contributed by atoms with Gasteiger partial charge in [0, 0.05) is 18.8 Å². The van der Waals surface area contributed by atoms with E-state index in [0.29, 0.717) is 18.8 Å². The van der Waals surface area contributed by atoms with Gasteiger partial charge in [0.05, 0.1) is 29.7 Å². The lowest BCUT2D eigenvalue weighted by molar-refractivity contribution is -0.122. The highest BCUT2D eigenvalue weighted by molar-refractivity contribution is 7.89. The molecule has 0 radical (unpaired) electrons. The molecule has 0 bridgehead atoms. The highest BCUT2D eigenvalue weighted by Crippen LogP contribution is 2.22. The van der Waals surface area contributed by atoms with Gasteiger partial charge in [0.2, 0.25) is 10.0 Å². The van der Waals surface area contributed by atoms with E-state index in [2.05, 4.69) is 0 Å². The Hall–Kier alpha value is -2.61. The topological polar surface area (TPSA) is 138 Å². The second-order valence-electron chi connectivity index (χ2n) is 6.28. The fraction of sp³-hybridized carbons (Fsp3) is 0.444. The number of sulfonamides is 1. The van der Waals surface area contributed by atoms with Crippen molar-refractivity contribution in [2.45, 2.75) is 18.7 Å². The number of benzene rings is 1. The molecule has 1 fully saturated rings. The zero-order valence-corrected chi connectivity index (χ0v) is 16.4. The number of rotatable bonds is 7. The molecule has 1 atom stereocenters. The van der Waals surface area contributed by atoms with E-state index in [9.17, 15) is 18.0 Å². The molecule has 28 heavy (non-hydrogen) atoms. The quantitative estimate of drug-likeness (QED) is 0.524. The first kappa shape index (κ1) is 21.7. The summed E-state index contributed by atoms with van der Waals surface area (Å²) < 4.78 is 37.1. The summed E-state index contributed by atoms with van der Waals surface area (Å²) in [7, 11) is -3.80. The molecule has 1 aromatic carbocycles. The Bertz CT molecular complexity index is 929. The zero-order chi connectivity index (χ0) is 20.9. The highest BCUT2D eigenvalue weighted by atomic mass is 32.2. The second kappa shape index (κ2) is 9.05. The Kier molecular flexibility index (Phi) is 7.01. The Morgan fingerprint density at radius 2 is 2.00 bits per heavy atom. The summed E-state index contributed by atoms with van der Waals surface area (Å²) in [6, 6.07) is 5.79. The van der Waals surface area contributed by atoms with Gasteiger partial charge in [0.15, 0.2) is 12.4 Å². The number of ether oxygens (including phenoxy) is 2. The molecule has 0 aromatic heterocycles. The minimum absolute atomic E-state index is 0.0135. The normalized spacial score (nSPS) is 16.0. The average Bonchev–Trinajstić information content (AvgIpc) is 2.67. The van der Waals surface area contributed by atoms with Gasteiger partial charge in [-0.05, 0) is 31.5 Å². The van der Waals surface area contributed by atoms with Crippen LogP contribution in [0, 0.1) is 29.6 Å². The molecule has 1 aliphatic rings. The zero-order valence-electron chi connectivity index (χ0n) is 15.6. The van der Waals surface area contributed by atoms with E-state index >= 15 is 0 Å². The number of nitriles is 1. The predicted octanol–water partition coefficient (Wildman–Crippen LogP) is 0.921. The van der Waals surface area contributed by atoms with Crippen molar-refractivity contribution in [3.05, 3.63) is 29.3 Å². The van der Waals surface area contributed by atoms with Crippen molar-refractivity contribution in [2.24, 2.45) is 5.92 Å². The Morgan fingerprint density at radius 1 is 1.36 bits per heavy atom. The molecule has 150 valence electrons. The van der Waals surface area contributed by atoms with E-state index in [4.69, 9.17) is 20.1 Å². The van der Waals surface area contributed by atoms with E-state index < -0.39 is 34.3 Å². The van der Waals surface area contributed by atoms with E-state index in [-0.39, 0.29) is 29.3 Å². The lowest BCUT2D eigenvalue weighted by atomic mass is 10.0. The number of Topliss-reactive ketones (excluding diaryl/α,β-unsaturated/α-hetero) is 1. The monoisotopic (exact) mass is 407 g/mol. The highest BCUT2D eigenvalue weighted by Gasteiger charge is 2.29. The predicted molar refractivity (Wildman–Crippen MR) is 98.6 cm³/mol. The summed E-state index contributed by atoms with van der Waals surface area (Å²) in [6.45, 7) is 3.32. The molecule has 1 saturated heterocycles. The molecule has 2 rings (SSSR count). The standard InChI is InChI=1S/C18H21N3O6S/c1-12-3-4-14(18(23)27-11-16(22)15(10-19)13(2)20)9-17(12)28(24,25)21-5-7-26-8-6-21/h3-4,9,15,20H,5-8,11H2,1-2H3/t15-/m0/s1. The fourth-order valence-electron chi connectivity index (χ4n) is 2.64.